The molecule has 0 bridgehead atoms. The van der Waals surface area contributed by atoms with Crippen molar-refractivity contribution in [1.29, 1.82) is 0 Å². The lowest BCUT2D eigenvalue weighted by Crippen LogP contribution is -2.26. The van der Waals surface area contributed by atoms with E-state index in [1.807, 2.05) is 50.2 Å². The largest absolute Gasteiger partial charge is 0.497 e. The summed E-state index contributed by atoms with van der Waals surface area (Å²) in [4.78, 5) is 13.0. The summed E-state index contributed by atoms with van der Waals surface area (Å²) in [6.45, 7) is 1.93. The fourth-order valence-corrected chi connectivity index (χ4v) is 1.97. The van der Waals surface area contributed by atoms with Crippen LogP contribution in [0.25, 0.3) is 0 Å². The minimum absolute atomic E-state index is 0.0397. The molecule has 1 aromatic carbocycles. The van der Waals surface area contributed by atoms with Crippen LogP contribution in [-0.2, 0) is 4.79 Å². The number of carbonyl (C=O) groups is 1. The van der Waals surface area contributed by atoms with Crippen LogP contribution in [0.5, 0.6) is 5.75 Å². The predicted molar refractivity (Wildman–Crippen MR) is 64.7 cm³/mol. The van der Waals surface area contributed by atoms with Crippen molar-refractivity contribution in [2.45, 2.75) is 13.0 Å². The number of nitrogens with zero attached hydrogens (tertiary/aromatic N) is 1. The van der Waals surface area contributed by atoms with Gasteiger partial charge in [-0.3, -0.25) is 0 Å². The van der Waals surface area contributed by atoms with Crippen molar-refractivity contribution in [1.82, 2.24) is 4.90 Å². The van der Waals surface area contributed by atoms with Crippen molar-refractivity contribution in [2.24, 2.45) is 5.92 Å². The van der Waals surface area contributed by atoms with Crippen molar-refractivity contribution in [3.05, 3.63) is 29.8 Å². The molecule has 0 aliphatic rings. The van der Waals surface area contributed by atoms with Gasteiger partial charge in [0.25, 0.3) is 0 Å². The van der Waals surface area contributed by atoms with Gasteiger partial charge in [-0.05, 0) is 31.8 Å². The van der Waals surface area contributed by atoms with Crippen molar-refractivity contribution in [2.75, 3.05) is 21.2 Å². The fourth-order valence-electron chi connectivity index (χ4n) is 1.97. The Hall–Kier alpha value is -1.35. The number of ether oxygens (including phenoxy) is 1. The van der Waals surface area contributed by atoms with Crippen LogP contribution in [0.3, 0.4) is 0 Å². The number of methoxy groups -OCH3 is 1. The highest BCUT2D eigenvalue weighted by molar-refractivity contribution is 5.55. The lowest BCUT2D eigenvalue weighted by Gasteiger charge is -2.27. The number of aldehydes is 1. The van der Waals surface area contributed by atoms with E-state index < -0.39 is 0 Å². The van der Waals surface area contributed by atoms with Gasteiger partial charge in [0, 0.05) is 12.0 Å². The smallest absolute Gasteiger partial charge is 0.124 e. The molecule has 0 aliphatic heterocycles. The minimum Gasteiger partial charge on any atom is -0.497 e. The average molecular weight is 221 g/mol. The summed E-state index contributed by atoms with van der Waals surface area (Å²) >= 11 is 0. The van der Waals surface area contributed by atoms with Crippen LogP contribution in [-0.4, -0.2) is 32.4 Å². The second-order valence-electron chi connectivity index (χ2n) is 4.18. The molecule has 0 spiro atoms. The molecule has 2 atom stereocenters. The molecule has 1 aromatic rings. The van der Waals surface area contributed by atoms with Gasteiger partial charge in [-0.15, -0.1) is 0 Å². The van der Waals surface area contributed by atoms with Gasteiger partial charge in [0.15, 0.2) is 0 Å². The zero-order chi connectivity index (χ0) is 12.1. The first-order chi connectivity index (χ1) is 7.60. The van der Waals surface area contributed by atoms with E-state index in [0.29, 0.717) is 0 Å². The van der Waals surface area contributed by atoms with Gasteiger partial charge in [0.05, 0.1) is 7.11 Å². The number of hydrogen-bond donors (Lipinski definition) is 0. The van der Waals surface area contributed by atoms with E-state index >= 15 is 0 Å². The molecule has 0 amide bonds. The van der Waals surface area contributed by atoms with Crippen LogP contribution in [0, 0.1) is 5.92 Å². The molecule has 0 saturated heterocycles. The molecule has 0 aliphatic carbocycles. The first-order valence-corrected chi connectivity index (χ1v) is 5.35. The normalized spacial score (nSPS) is 14.6. The van der Waals surface area contributed by atoms with Crippen LogP contribution >= 0.6 is 0 Å². The van der Waals surface area contributed by atoms with E-state index in [-0.39, 0.29) is 12.0 Å². The van der Waals surface area contributed by atoms with Crippen molar-refractivity contribution < 1.29 is 9.53 Å². The maximum Gasteiger partial charge on any atom is 0.124 e. The molecule has 0 fully saturated rings. The molecule has 0 aromatic heterocycles. The van der Waals surface area contributed by atoms with Gasteiger partial charge in [-0.25, -0.2) is 0 Å². The lowest BCUT2D eigenvalue weighted by atomic mass is 9.94. The van der Waals surface area contributed by atoms with Crippen molar-refractivity contribution in [3.63, 3.8) is 0 Å². The Morgan fingerprint density at radius 1 is 1.38 bits per heavy atom. The number of hydrogen-bond acceptors (Lipinski definition) is 3. The Kier molecular flexibility index (Phi) is 4.50. The van der Waals surface area contributed by atoms with E-state index in [4.69, 9.17) is 4.74 Å². The molecule has 0 saturated carbocycles. The first kappa shape index (κ1) is 12.7. The van der Waals surface area contributed by atoms with Crippen LogP contribution < -0.4 is 4.74 Å². The van der Waals surface area contributed by atoms with Crippen LogP contribution in [0.1, 0.15) is 18.5 Å². The van der Waals surface area contributed by atoms with E-state index in [0.717, 1.165) is 17.6 Å². The van der Waals surface area contributed by atoms with Crippen molar-refractivity contribution >= 4 is 6.29 Å². The molecule has 3 nitrogen and oxygen atoms in total. The Bertz CT molecular complexity index is 350. The molecule has 88 valence electrons. The maximum atomic E-state index is 10.9. The summed E-state index contributed by atoms with van der Waals surface area (Å²) in [6.07, 6.45) is 0.990. The lowest BCUT2D eigenvalue weighted by molar-refractivity contribution is -0.112. The van der Waals surface area contributed by atoms with Gasteiger partial charge in [-0.2, -0.15) is 0 Å². The fraction of sp³-hybridized carbons (Fsp3) is 0.462. The summed E-state index contributed by atoms with van der Waals surface area (Å²) in [5.41, 5.74) is 1.10. The number of benzene rings is 1. The monoisotopic (exact) mass is 221 g/mol. The van der Waals surface area contributed by atoms with Gasteiger partial charge in [0.1, 0.15) is 12.0 Å². The third-order valence-electron chi connectivity index (χ3n) is 2.70. The molecule has 3 heteroatoms. The summed E-state index contributed by atoms with van der Waals surface area (Å²) in [5.74, 6) is 0.782. The molecule has 0 N–H and O–H groups in total. The second-order valence-corrected chi connectivity index (χ2v) is 4.18. The standard InChI is InChI=1S/C13H19NO2/c1-10(9-15)13(14(2)3)11-6-5-7-12(8-11)16-4/h5-10,13H,1-4H3. The van der Waals surface area contributed by atoms with E-state index in [2.05, 4.69) is 0 Å². The molecular weight excluding hydrogens is 202 g/mol. The molecule has 0 radical (unpaired) electrons. The summed E-state index contributed by atoms with van der Waals surface area (Å²) in [6, 6.07) is 7.94. The quantitative estimate of drug-likeness (QED) is 0.713. The van der Waals surface area contributed by atoms with E-state index in [1.165, 1.54) is 0 Å². The third-order valence-corrected chi connectivity index (χ3v) is 2.70. The molecular formula is C13H19NO2. The van der Waals surface area contributed by atoms with Crippen LogP contribution in [0.15, 0.2) is 24.3 Å². The van der Waals surface area contributed by atoms with Crippen molar-refractivity contribution in [3.8, 4) is 5.75 Å². The number of rotatable bonds is 5. The molecule has 16 heavy (non-hydrogen) atoms. The Morgan fingerprint density at radius 3 is 2.56 bits per heavy atom. The summed E-state index contributed by atoms with van der Waals surface area (Å²) in [7, 11) is 5.60. The second kappa shape index (κ2) is 5.66. The summed E-state index contributed by atoms with van der Waals surface area (Å²) < 4.78 is 5.19. The third kappa shape index (κ3) is 2.83. The predicted octanol–water partition coefficient (Wildman–Crippen LogP) is 2.13. The van der Waals surface area contributed by atoms with Gasteiger partial charge >= 0.3 is 0 Å². The van der Waals surface area contributed by atoms with Crippen LogP contribution in [0.4, 0.5) is 0 Å². The highest BCUT2D eigenvalue weighted by Gasteiger charge is 2.21. The topological polar surface area (TPSA) is 29.5 Å². The first-order valence-electron chi connectivity index (χ1n) is 5.35. The molecule has 2 unspecified atom stereocenters. The Labute approximate surface area is 97.0 Å². The molecule has 0 heterocycles. The average Bonchev–Trinajstić information content (AvgIpc) is 2.29. The summed E-state index contributed by atoms with van der Waals surface area (Å²) in [5, 5.41) is 0. The zero-order valence-electron chi connectivity index (χ0n) is 10.3. The van der Waals surface area contributed by atoms with E-state index in [9.17, 15) is 4.79 Å². The van der Waals surface area contributed by atoms with Gasteiger partial charge < -0.3 is 14.4 Å². The van der Waals surface area contributed by atoms with Gasteiger partial charge in [-0.1, -0.05) is 19.1 Å². The Balaban J connectivity index is 3.05. The highest BCUT2D eigenvalue weighted by atomic mass is 16.5. The highest BCUT2D eigenvalue weighted by Crippen LogP contribution is 2.27. The maximum absolute atomic E-state index is 10.9. The zero-order valence-corrected chi connectivity index (χ0v) is 10.3. The minimum atomic E-state index is -0.0397. The van der Waals surface area contributed by atoms with E-state index in [1.54, 1.807) is 7.11 Å². The number of carbonyl (C=O) groups excluding carboxylic acids is 1. The van der Waals surface area contributed by atoms with Gasteiger partial charge in [0.2, 0.25) is 0 Å². The Morgan fingerprint density at radius 2 is 2.06 bits per heavy atom. The SMILES string of the molecule is COc1cccc(C(C(C)C=O)N(C)C)c1. The molecule has 1 rings (SSSR count). The van der Waals surface area contributed by atoms with Crippen LogP contribution in [0.2, 0.25) is 0 Å².